The monoisotopic (exact) mass is 310 g/mol. The molecule has 2 atom stereocenters. The molecule has 2 nitrogen and oxygen atoms in total. The SMILES string of the molecule is CCC1(C)CN(c2ccc(Br)c(C)c2)C(C)CN1. The van der Waals surface area contributed by atoms with Crippen molar-refractivity contribution in [3.63, 3.8) is 0 Å². The van der Waals surface area contributed by atoms with Crippen molar-refractivity contribution < 1.29 is 0 Å². The van der Waals surface area contributed by atoms with Crippen LogP contribution in [0, 0.1) is 6.92 Å². The minimum Gasteiger partial charge on any atom is -0.366 e. The summed E-state index contributed by atoms with van der Waals surface area (Å²) >= 11 is 3.57. The van der Waals surface area contributed by atoms with Crippen LogP contribution in [-0.4, -0.2) is 24.7 Å². The molecule has 0 saturated carbocycles. The summed E-state index contributed by atoms with van der Waals surface area (Å²) in [6.07, 6.45) is 1.16. The molecule has 0 aromatic heterocycles. The quantitative estimate of drug-likeness (QED) is 0.895. The maximum atomic E-state index is 3.67. The second-order valence-corrected chi connectivity index (χ2v) is 6.56. The van der Waals surface area contributed by atoms with E-state index < -0.39 is 0 Å². The molecule has 1 aromatic rings. The molecule has 1 saturated heterocycles. The molecule has 2 unspecified atom stereocenters. The lowest BCUT2D eigenvalue weighted by atomic mass is 9.93. The number of hydrogen-bond donors (Lipinski definition) is 1. The molecule has 3 heteroatoms. The van der Waals surface area contributed by atoms with Gasteiger partial charge in [-0.05, 0) is 51.0 Å². The van der Waals surface area contributed by atoms with Crippen LogP contribution in [0.4, 0.5) is 5.69 Å². The summed E-state index contributed by atoms with van der Waals surface area (Å²) in [7, 11) is 0. The van der Waals surface area contributed by atoms with Crippen molar-refractivity contribution in [1.82, 2.24) is 5.32 Å². The van der Waals surface area contributed by atoms with E-state index in [1.165, 1.54) is 15.7 Å². The molecule has 18 heavy (non-hydrogen) atoms. The van der Waals surface area contributed by atoms with Crippen LogP contribution in [-0.2, 0) is 0 Å². The Morgan fingerprint density at radius 3 is 2.83 bits per heavy atom. The third kappa shape index (κ3) is 2.72. The molecule has 1 aromatic carbocycles. The average molecular weight is 311 g/mol. The lowest BCUT2D eigenvalue weighted by Gasteiger charge is -2.46. The van der Waals surface area contributed by atoms with E-state index in [1.54, 1.807) is 0 Å². The molecule has 0 aliphatic carbocycles. The topological polar surface area (TPSA) is 15.3 Å². The van der Waals surface area contributed by atoms with E-state index in [0.29, 0.717) is 6.04 Å². The lowest BCUT2D eigenvalue weighted by molar-refractivity contribution is 0.285. The molecular formula is C15H23BrN2. The Morgan fingerprint density at radius 1 is 1.50 bits per heavy atom. The van der Waals surface area contributed by atoms with Gasteiger partial charge in [-0.15, -0.1) is 0 Å². The molecule has 2 rings (SSSR count). The van der Waals surface area contributed by atoms with E-state index in [1.807, 2.05) is 0 Å². The Morgan fingerprint density at radius 2 is 2.22 bits per heavy atom. The summed E-state index contributed by atoms with van der Waals surface area (Å²) in [6, 6.07) is 7.20. The number of anilines is 1. The fraction of sp³-hybridized carbons (Fsp3) is 0.600. The molecule has 0 spiro atoms. The number of rotatable bonds is 2. The van der Waals surface area contributed by atoms with Crippen LogP contribution in [0.5, 0.6) is 0 Å². The van der Waals surface area contributed by atoms with Gasteiger partial charge in [-0.3, -0.25) is 0 Å². The predicted octanol–water partition coefficient (Wildman–Crippen LogP) is 3.72. The molecule has 1 aliphatic heterocycles. The highest BCUT2D eigenvalue weighted by Gasteiger charge is 2.32. The molecule has 1 N–H and O–H groups in total. The molecule has 0 amide bonds. The minimum atomic E-state index is 0.230. The van der Waals surface area contributed by atoms with Crippen LogP contribution in [0.1, 0.15) is 32.8 Å². The number of piperazine rings is 1. The molecule has 100 valence electrons. The Balaban J connectivity index is 2.27. The normalized spacial score (nSPS) is 28.5. The zero-order chi connectivity index (χ0) is 13.3. The Bertz CT molecular complexity index is 433. The number of benzene rings is 1. The van der Waals surface area contributed by atoms with E-state index in [2.05, 4.69) is 72.0 Å². The molecule has 1 fully saturated rings. The van der Waals surface area contributed by atoms with Gasteiger partial charge in [0.15, 0.2) is 0 Å². The van der Waals surface area contributed by atoms with Crippen LogP contribution >= 0.6 is 15.9 Å². The van der Waals surface area contributed by atoms with Gasteiger partial charge >= 0.3 is 0 Å². The fourth-order valence-corrected chi connectivity index (χ4v) is 2.73. The summed E-state index contributed by atoms with van der Waals surface area (Å²) in [6.45, 7) is 11.1. The Kier molecular flexibility index (Phi) is 4.02. The summed E-state index contributed by atoms with van der Waals surface area (Å²) in [4.78, 5) is 2.53. The highest BCUT2D eigenvalue weighted by molar-refractivity contribution is 9.10. The van der Waals surface area contributed by atoms with Gasteiger partial charge in [0, 0.05) is 34.8 Å². The van der Waals surface area contributed by atoms with Crippen LogP contribution in [0.2, 0.25) is 0 Å². The van der Waals surface area contributed by atoms with E-state index in [9.17, 15) is 0 Å². The van der Waals surface area contributed by atoms with Crippen LogP contribution in [0.15, 0.2) is 22.7 Å². The van der Waals surface area contributed by atoms with Crippen LogP contribution < -0.4 is 10.2 Å². The van der Waals surface area contributed by atoms with E-state index in [-0.39, 0.29) is 5.54 Å². The van der Waals surface area contributed by atoms with Crippen molar-refractivity contribution in [2.75, 3.05) is 18.0 Å². The predicted molar refractivity (Wildman–Crippen MR) is 82.4 cm³/mol. The summed E-state index contributed by atoms with van der Waals surface area (Å²) in [5, 5.41) is 3.67. The van der Waals surface area contributed by atoms with Crippen molar-refractivity contribution in [3.05, 3.63) is 28.2 Å². The van der Waals surface area contributed by atoms with Crippen molar-refractivity contribution >= 4 is 21.6 Å². The van der Waals surface area contributed by atoms with Crippen molar-refractivity contribution in [2.24, 2.45) is 0 Å². The number of hydrogen-bond acceptors (Lipinski definition) is 2. The summed E-state index contributed by atoms with van der Waals surface area (Å²) in [5.74, 6) is 0. The number of nitrogens with one attached hydrogen (secondary N) is 1. The second-order valence-electron chi connectivity index (χ2n) is 5.71. The summed E-state index contributed by atoms with van der Waals surface area (Å²) < 4.78 is 1.19. The van der Waals surface area contributed by atoms with Gasteiger partial charge in [0.25, 0.3) is 0 Å². The maximum absolute atomic E-state index is 3.67. The van der Waals surface area contributed by atoms with Gasteiger partial charge in [-0.25, -0.2) is 0 Å². The first-order valence-corrected chi connectivity index (χ1v) is 7.52. The lowest BCUT2D eigenvalue weighted by Crippen LogP contribution is -2.62. The second kappa shape index (κ2) is 5.22. The zero-order valence-electron chi connectivity index (χ0n) is 11.8. The number of nitrogens with zero attached hydrogens (tertiary/aromatic N) is 1. The fourth-order valence-electron chi connectivity index (χ4n) is 2.48. The molecule has 0 bridgehead atoms. The van der Waals surface area contributed by atoms with Crippen molar-refractivity contribution in [3.8, 4) is 0 Å². The zero-order valence-corrected chi connectivity index (χ0v) is 13.3. The molecule has 0 radical (unpaired) electrons. The van der Waals surface area contributed by atoms with Gasteiger partial charge in [0.2, 0.25) is 0 Å². The van der Waals surface area contributed by atoms with Gasteiger partial charge in [0.05, 0.1) is 0 Å². The first-order valence-electron chi connectivity index (χ1n) is 6.73. The average Bonchev–Trinajstić information content (AvgIpc) is 2.36. The third-order valence-electron chi connectivity index (χ3n) is 4.13. The maximum Gasteiger partial charge on any atom is 0.0387 e. The van der Waals surface area contributed by atoms with Gasteiger partial charge in [0.1, 0.15) is 0 Å². The molecule has 1 heterocycles. The van der Waals surface area contributed by atoms with Crippen LogP contribution in [0.3, 0.4) is 0 Å². The van der Waals surface area contributed by atoms with Crippen molar-refractivity contribution in [1.29, 1.82) is 0 Å². The largest absolute Gasteiger partial charge is 0.366 e. The van der Waals surface area contributed by atoms with Crippen LogP contribution in [0.25, 0.3) is 0 Å². The first-order chi connectivity index (χ1) is 8.45. The number of aryl methyl sites for hydroxylation is 1. The third-order valence-corrected chi connectivity index (χ3v) is 5.02. The highest BCUT2D eigenvalue weighted by Crippen LogP contribution is 2.28. The van der Waals surface area contributed by atoms with E-state index in [0.717, 1.165) is 19.5 Å². The van der Waals surface area contributed by atoms with E-state index >= 15 is 0 Å². The van der Waals surface area contributed by atoms with E-state index in [4.69, 9.17) is 0 Å². The Hall–Kier alpha value is -0.540. The molecular weight excluding hydrogens is 288 g/mol. The van der Waals surface area contributed by atoms with Crippen molar-refractivity contribution in [2.45, 2.75) is 45.7 Å². The smallest absolute Gasteiger partial charge is 0.0387 e. The minimum absolute atomic E-state index is 0.230. The van der Waals surface area contributed by atoms with Gasteiger partial charge in [-0.2, -0.15) is 0 Å². The standard InChI is InChI=1S/C15H23BrN2/c1-5-15(4)10-18(12(3)9-17-15)13-6-7-14(16)11(2)8-13/h6-8,12,17H,5,9-10H2,1-4H3. The van der Waals surface area contributed by atoms with Gasteiger partial charge in [-0.1, -0.05) is 22.9 Å². The highest BCUT2D eigenvalue weighted by atomic mass is 79.9. The number of halogens is 1. The summed E-state index contributed by atoms with van der Waals surface area (Å²) in [5.41, 5.74) is 2.87. The Labute approximate surface area is 119 Å². The first kappa shape index (κ1) is 13.9. The van der Waals surface area contributed by atoms with Gasteiger partial charge < -0.3 is 10.2 Å². The molecule has 1 aliphatic rings.